The van der Waals surface area contributed by atoms with Crippen molar-refractivity contribution in [3.8, 4) is 5.75 Å². The maximum absolute atomic E-state index is 12.4. The quantitative estimate of drug-likeness (QED) is 0.405. The Balaban J connectivity index is 1.88. The second-order valence-electron chi connectivity index (χ2n) is 6.23. The lowest BCUT2D eigenvalue weighted by Gasteiger charge is -2.21. The van der Waals surface area contributed by atoms with Crippen molar-refractivity contribution < 1.29 is 19.1 Å². The summed E-state index contributed by atoms with van der Waals surface area (Å²) in [5.41, 5.74) is 2.21. The predicted octanol–water partition coefficient (Wildman–Crippen LogP) is 4.60. The Morgan fingerprint density at radius 1 is 1.17 bits per heavy atom. The average Bonchev–Trinajstić information content (AvgIpc) is 2.98. The molecule has 29 heavy (non-hydrogen) atoms. The van der Waals surface area contributed by atoms with Gasteiger partial charge in [-0.2, -0.15) is 4.99 Å². The SMILES string of the molecule is CC(=O)Oc1ccc(C=C2SC(N(C(C)=O)c3ccccc3C)=NC2=O)cc1Cl. The van der Waals surface area contributed by atoms with Crippen LogP contribution < -0.4 is 9.64 Å². The molecule has 148 valence electrons. The van der Waals surface area contributed by atoms with Crippen LogP contribution >= 0.6 is 23.4 Å². The number of aryl methyl sites for hydroxylation is 1. The summed E-state index contributed by atoms with van der Waals surface area (Å²) >= 11 is 7.25. The van der Waals surface area contributed by atoms with Crippen molar-refractivity contribution in [2.45, 2.75) is 20.8 Å². The Labute approximate surface area is 177 Å². The van der Waals surface area contributed by atoms with Crippen LogP contribution in [0.25, 0.3) is 6.08 Å². The van der Waals surface area contributed by atoms with Crippen molar-refractivity contribution in [3.05, 3.63) is 63.5 Å². The van der Waals surface area contributed by atoms with E-state index in [-0.39, 0.29) is 16.7 Å². The van der Waals surface area contributed by atoms with Crippen molar-refractivity contribution in [2.75, 3.05) is 4.90 Å². The summed E-state index contributed by atoms with van der Waals surface area (Å²) in [6.45, 7) is 4.60. The summed E-state index contributed by atoms with van der Waals surface area (Å²) in [6, 6.07) is 12.2. The Morgan fingerprint density at radius 2 is 1.90 bits per heavy atom. The minimum absolute atomic E-state index is 0.242. The predicted molar refractivity (Wildman–Crippen MR) is 115 cm³/mol. The van der Waals surface area contributed by atoms with Crippen LogP contribution in [-0.2, 0) is 14.4 Å². The number of nitrogens with zero attached hydrogens (tertiary/aromatic N) is 2. The molecule has 0 aliphatic carbocycles. The molecule has 0 bridgehead atoms. The molecule has 0 saturated carbocycles. The molecule has 8 heteroatoms. The molecule has 2 aromatic carbocycles. The zero-order valence-corrected chi connectivity index (χ0v) is 17.5. The lowest BCUT2D eigenvalue weighted by molar-refractivity contribution is -0.131. The first-order valence-corrected chi connectivity index (χ1v) is 9.82. The smallest absolute Gasteiger partial charge is 0.308 e. The first-order valence-electron chi connectivity index (χ1n) is 8.63. The number of aliphatic imine (C=N–C) groups is 1. The number of halogens is 1. The van der Waals surface area contributed by atoms with Gasteiger partial charge in [-0.1, -0.05) is 35.9 Å². The van der Waals surface area contributed by atoms with Gasteiger partial charge in [-0.3, -0.25) is 19.3 Å². The summed E-state index contributed by atoms with van der Waals surface area (Å²) in [5, 5.41) is 0.544. The standard InChI is InChI=1S/C21H17ClN2O4S/c1-12-6-4-5-7-17(12)24(13(2)25)21-23-20(27)19(29-21)11-15-8-9-18(16(22)10-15)28-14(3)26/h4-11H,1-3H3. The van der Waals surface area contributed by atoms with E-state index in [1.54, 1.807) is 30.3 Å². The number of ether oxygens (including phenoxy) is 1. The van der Waals surface area contributed by atoms with Crippen LogP contribution in [0.15, 0.2) is 52.4 Å². The second-order valence-corrected chi connectivity index (χ2v) is 7.65. The van der Waals surface area contributed by atoms with Crippen molar-refractivity contribution in [3.63, 3.8) is 0 Å². The van der Waals surface area contributed by atoms with Gasteiger partial charge < -0.3 is 4.74 Å². The fourth-order valence-corrected chi connectivity index (χ4v) is 3.91. The first kappa shape index (κ1) is 20.8. The van der Waals surface area contributed by atoms with Gasteiger partial charge in [-0.15, -0.1) is 0 Å². The van der Waals surface area contributed by atoms with Crippen LogP contribution in [0.1, 0.15) is 25.0 Å². The highest BCUT2D eigenvalue weighted by Gasteiger charge is 2.30. The number of benzene rings is 2. The molecule has 0 N–H and O–H groups in total. The molecule has 2 amide bonds. The minimum atomic E-state index is -0.474. The van der Waals surface area contributed by atoms with Gasteiger partial charge in [0.15, 0.2) is 5.17 Å². The summed E-state index contributed by atoms with van der Waals surface area (Å²) in [7, 11) is 0. The number of rotatable bonds is 3. The van der Waals surface area contributed by atoms with E-state index < -0.39 is 11.9 Å². The zero-order chi connectivity index (χ0) is 21.1. The number of carbonyl (C=O) groups excluding carboxylic acids is 3. The molecule has 1 aliphatic rings. The number of hydrogen-bond donors (Lipinski definition) is 0. The summed E-state index contributed by atoms with van der Waals surface area (Å²) in [5.74, 6) is -0.914. The molecule has 0 spiro atoms. The van der Waals surface area contributed by atoms with E-state index in [0.29, 0.717) is 21.3 Å². The molecule has 0 fully saturated rings. The van der Waals surface area contributed by atoms with Crippen LogP contribution in [0.4, 0.5) is 5.69 Å². The van der Waals surface area contributed by atoms with Crippen LogP contribution in [0.5, 0.6) is 5.75 Å². The van der Waals surface area contributed by atoms with Gasteiger partial charge in [-0.05, 0) is 54.1 Å². The van der Waals surface area contributed by atoms with Gasteiger partial charge in [0.2, 0.25) is 5.91 Å². The molecule has 0 saturated heterocycles. The fraction of sp³-hybridized carbons (Fsp3) is 0.143. The van der Waals surface area contributed by atoms with Crippen LogP contribution in [0, 0.1) is 6.92 Å². The van der Waals surface area contributed by atoms with Crippen molar-refractivity contribution in [2.24, 2.45) is 4.99 Å². The monoisotopic (exact) mass is 428 g/mol. The Bertz CT molecular complexity index is 1080. The van der Waals surface area contributed by atoms with Gasteiger partial charge in [0.25, 0.3) is 5.91 Å². The second kappa shape index (κ2) is 8.63. The largest absolute Gasteiger partial charge is 0.425 e. The number of thioether (sulfide) groups is 1. The minimum Gasteiger partial charge on any atom is -0.425 e. The van der Waals surface area contributed by atoms with Crippen LogP contribution in [0.3, 0.4) is 0 Å². The summed E-state index contributed by atoms with van der Waals surface area (Å²) in [4.78, 5) is 41.6. The maximum Gasteiger partial charge on any atom is 0.308 e. The van der Waals surface area contributed by atoms with Gasteiger partial charge >= 0.3 is 5.97 Å². The molecule has 0 radical (unpaired) electrons. The lowest BCUT2D eigenvalue weighted by atomic mass is 10.2. The van der Waals surface area contributed by atoms with Crippen molar-refractivity contribution in [1.29, 1.82) is 0 Å². The number of anilines is 1. The molecule has 2 aromatic rings. The molecule has 3 rings (SSSR count). The van der Waals surface area contributed by atoms with E-state index in [4.69, 9.17) is 16.3 Å². The Kier molecular flexibility index (Phi) is 6.20. The maximum atomic E-state index is 12.4. The zero-order valence-electron chi connectivity index (χ0n) is 15.9. The normalized spacial score (nSPS) is 14.7. The number of amidine groups is 1. The third kappa shape index (κ3) is 4.75. The number of carbonyl (C=O) groups is 3. The fourth-order valence-electron chi connectivity index (χ4n) is 2.71. The average molecular weight is 429 g/mol. The Hall–Kier alpha value is -2.90. The van der Waals surface area contributed by atoms with Gasteiger partial charge in [0.05, 0.1) is 15.6 Å². The molecule has 0 aromatic heterocycles. The topological polar surface area (TPSA) is 76.0 Å². The number of esters is 1. The van der Waals surface area contributed by atoms with E-state index in [2.05, 4.69) is 4.99 Å². The van der Waals surface area contributed by atoms with Gasteiger partial charge in [0.1, 0.15) is 5.75 Å². The lowest BCUT2D eigenvalue weighted by Crippen LogP contribution is -2.33. The van der Waals surface area contributed by atoms with Crippen LogP contribution in [0.2, 0.25) is 5.02 Å². The summed E-state index contributed by atoms with van der Waals surface area (Å²) in [6.07, 6.45) is 1.63. The number of para-hydroxylation sites is 1. The third-order valence-electron chi connectivity index (χ3n) is 3.98. The van der Waals surface area contributed by atoms with E-state index >= 15 is 0 Å². The van der Waals surface area contributed by atoms with E-state index in [0.717, 1.165) is 17.3 Å². The molecule has 6 nitrogen and oxygen atoms in total. The molecule has 0 atom stereocenters. The number of hydrogen-bond acceptors (Lipinski definition) is 5. The van der Waals surface area contributed by atoms with Crippen LogP contribution in [-0.4, -0.2) is 23.0 Å². The van der Waals surface area contributed by atoms with E-state index in [1.807, 2.05) is 25.1 Å². The van der Waals surface area contributed by atoms with Crippen molar-refractivity contribution >= 4 is 58.1 Å². The highest BCUT2D eigenvalue weighted by molar-refractivity contribution is 8.19. The van der Waals surface area contributed by atoms with E-state index in [1.165, 1.54) is 18.7 Å². The molecular formula is C21H17ClN2O4S. The van der Waals surface area contributed by atoms with E-state index in [9.17, 15) is 14.4 Å². The van der Waals surface area contributed by atoms with Gasteiger partial charge in [-0.25, -0.2) is 0 Å². The molecule has 1 heterocycles. The Morgan fingerprint density at radius 3 is 2.52 bits per heavy atom. The molecule has 1 aliphatic heterocycles. The molecular weight excluding hydrogens is 412 g/mol. The summed E-state index contributed by atoms with van der Waals surface area (Å²) < 4.78 is 5.00. The third-order valence-corrected chi connectivity index (χ3v) is 5.24. The number of amides is 2. The van der Waals surface area contributed by atoms with Crippen molar-refractivity contribution in [1.82, 2.24) is 0 Å². The van der Waals surface area contributed by atoms with Gasteiger partial charge in [0, 0.05) is 13.8 Å². The first-order chi connectivity index (χ1) is 13.8. The highest BCUT2D eigenvalue weighted by atomic mass is 35.5. The highest BCUT2D eigenvalue weighted by Crippen LogP contribution is 2.34. The molecule has 0 unspecified atom stereocenters.